The SMILES string of the molecule is C=C1CC(COc2cc(C(=O)Nc3cc(C(=O)Nc4cc(C(=O)Nc5cc(C(=O)NCCC(=N)N)n(C)c5)n(C)c4)n(C)c3)n(C)n2)(c2ccccc2)OC1=O.Cl. The molecule has 5 heterocycles. The number of carbonyl (C=O) groups excluding carboxylic acids is 5. The maximum Gasteiger partial charge on any atom is 0.334 e. The zero-order chi connectivity index (χ0) is 40.3. The van der Waals surface area contributed by atoms with E-state index in [1.807, 2.05) is 30.3 Å². The molecular weight excluding hydrogens is 758 g/mol. The van der Waals surface area contributed by atoms with Crippen LogP contribution in [0.2, 0.25) is 0 Å². The fourth-order valence-corrected chi connectivity index (χ4v) is 6.25. The van der Waals surface area contributed by atoms with E-state index in [2.05, 4.69) is 32.9 Å². The van der Waals surface area contributed by atoms with Crippen molar-refractivity contribution in [3.05, 3.63) is 114 Å². The number of cyclic esters (lactones) is 1. The number of halogens is 1. The Kier molecular flexibility index (Phi) is 12.1. The van der Waals surface area contributed by atoms with Crippen molar-refractivity contribution in [1.82, 2.24) is 28.8 Å². The summed E-state index contributed by atoms with van der Waals surface area (Å²) in [4.78, 5) is 64.6. The topological polar surface area (TPSA) is 234 Å². The summed E-state index contributed by atoms with van der Waals surface area (Å²) in [6.45, 7) is 3.96. The highest BCUT2D eigenvalue weighted by Crippen LogP contribution is 2.39. The average Bonchev–Trinajstić information content (AvgIpc) is 3.96. The molecule has 0 saturated carbocycles. The van der Waals surface area contributed by atoms with Crippen molar-refractivity contribution in [3.63, 3.8) is 0 Å². The molecule has 4 amide bonds. The van der Waals surface area contributed by atoms with Crippen molar-refractivity contribution in [2.75, 3.05) is 29.1 Å². The molecule has 5 aromatic rings. The highest BCUT2D eigenvalue weighted by Gasteiger charge is 2.45. The van der Waals surface area contributed by atoms with Gasteiger partial charge in [0.1, 0.15) is 29.4 Å². The number of amidine groups is 1. The van der Waals surface area contributed by atoms with E-state index in [4.69, 9.17) is 20.6 Å². The first-order valence-corrected chi connectivity index (χ1v) is 17.3. The van der Waals surface area contributed by atoms with Gasteiger partial charge in [-0.05, 0) is 23.8 Å². The zero-order valence-corrected chi connectivity index (χ0v) is 32.4. The zero-order valence-electron chi connectivity index (χ0n) is 31.5. The van der Waals surface area contributed by atoms with Crippen LogP contribution in [0.4, 0.5) is 17.1 Å². The Morgan fingerprint density at radius 3 is 1.79 bits per heavy atom. The summed E-state index contributed by atoms with van der Waals surface area (Å²) in [5.41, 5.74) is 7.34. The third-order valence-electron chi connectivity index (χ3n) is 9.09. The number of esters is 1. The molecule has 4 aromatic heterocycles. The highest BCUT2D eigenvalue weighted by atomic mass is 35.5. The summed E-state index contributed by atoms with van der Waals surface area (Å²) >= 11 is 0. The first kappa shape index (κ1) is 41.1. The van der Waals surface area contributed by atoms with Gasteiger partial charge in [-0.1, -0.05) is 36.9 Å². The summed E-state index contributed by atoms with van der Waals surface area (Å²) < 4.78 is 17.7. The van der Waals surface area contributed by atoms with Crippen LogP contribution in [0.5, 0.6) is 5.88 Å². The number of aryl methyl sites for hydroxylation is 4. The molecule has 19 heteroatoms. The summed E-state index contributed by atoms with van der Waals surface area (Å²) in [7, 11) is 6.54. The minimum atomic E-state index is -1.09. The van der Waals surface area contributed by atoms with Crippen LogP contribution in [-0.2, 0) is 43.3 Å². The van der Waals surface area contributed by atoms with Crippen molar-refractivity contribution in [1.29, 1.82) is 5.41 Å². The number of nitrogens with one attached hydrogen (secondary N) is 5. The Morgan fingerprint density at radius 2 is 1.32 bits per heavy atom. The number of nitrogens with zero attached hydrogens (tertiary/aromatic N) is 5. The van der Waals surface area contributed by atoms with E-state index in [0.29, 0.717) is 28.3 Å². The Hall–Kier alpha value is -7.08. The monoisotopic (exact) mass is 799 g/mol. The van der Waals surface area contributed by atoms with Crippen LogP contribution in [0.25, 0.3) is 0 Å². The Labute approximate surface area is 332 Å². The predicted octanol–water partition coefficient (Wildman–Crippen LogP) is 3.45. The van der Waals surface area contributed by atoms with Gasteiger partial charge in [-0.15, -0.1) is 17.5 Å². The van der Waals surface area contributed by atoms with Gasteiger partial charge in [-0.2, -0.15) is 0 Å². The lowest BCUT2D eigenvalue weighted by molar-refractivity contribution is -0.150. The van der Waals surface area contributed by atoms with Crippen LogP contribution in [0.15, 0.2) is 85.3 Å². The number of aromatic nitrogens is 5. The van der Waals surface area contributed by atoms with Crippen LogP contribution < -0.4 is 31.7 Å². The first-order chi connectivity index (χ1) is 26.6. The second kappa shape index (κ2) is 16.7. The van der Waals surface area contributed by atoms with E-state index in [-0.39, 0.29) is 73.1 Å². The number of anilines is 3. The van der Waals surface area contributed by atoms with Crippen molar-refractivity contribution >= 4 is 64.9 Å². The molecule has 1 aliphatic rings. The number of hydrogen-bond donors (Lipinski definition) is 6. The molecule has 0 bridgehead atoms. The maximum absolute atomic E-state index is 13.3. The molecule has 1 unspecified atom stereocenters. The molecule has 6 rings (SSSR count). The number of rotatable bonds is 14. The molecular formula is C38H42ClN11O7. The molecule has 7 N–H and O–H groups in total. The van der Waals surface area contributed by atoms with E-state index in [9.17, 15) is 24.0 Å². The van der Waals surface area contributed by atoms with E-state index in [1.54, 1.807) is 60.5 Å². The van der Waals surface area contributed by atoms with Crippen molar-refractivity contribution < 1.29 is 33.4 Å². The van der Waals surface area contributed by atoms with Crippen molar-refractivity contribution in [2.45, 2.75) is 18.4 Å². The first-order valence-electron chi connectivity index (χ1n) is 17.3. The van der Waals surface area contributed by atoms with Crippen LogP contribution in [0.1, 0.15) is 60.4 Å². The van der Waals surface area contributed by atoms with Gasteiger partial charge in [-0.3, -0.25) is 29.3 Å². The number of nitrogens with two attached hydrogens (primary N) is 1. The Balaban J connectivity index is 0.00000620. The molecule has 1 fully saturated rings. The summed E-state index contributed by atoms with van der Waals surface area (Å²) in [5.74, 6) is -2.26. The molecule has 1 saturated heterocycles. The van der Waals surface area contributed by atoms with Gasteiger partial charge in [0.25, 0.3) is 23.6 Å². The van der Waals surface area contributed by atoms with Gasteiger partial charge in [0.2, 0.25) is 5.88 Å². The van der Waals surface area contributed by atoms with Crippen LogP contribution in [0.3, 0.4) is 0 Å². The quantitative estimate of drug-likeness (QED) is 0.0417. The third kappa shape index (κ3) is 9.08. The molecule has 1 aromatic carbocycles. The van der Waals surface area contributed by atoms with E-state index in [0.717, 1.165) is 5.56 Å². The second-order valence-electron chi connectivity index (χ2n) is 13.4. The molecule has 57 heavy (non-hydrogen) atoms. The Bertz CT molecular complexity index is 2370. The van der Waals surface area contributed by atoms with Gasteiger partial charge in [0.05, 0.1) is 22.9 Å². The van der Waals surface area contributed by atoms with Crippen molar-refractivity contribution in [3.8, 4) is 5.88 Å². The molecule has 18 nitrogen and oxygen atoms in total. The minimum Gasteiger partial charge on any atom is -0.472 e. The highest BCUT2D eigenvalue weighted by molar-refractivity contribution is 6.08. The number of carbonyl (C=O) groups is 5. The van der Waals surface area contributed by atoms with Gasteiger partial charge < -0.3 is 50.2 Å². The lowest BCUT2D eigenvalue weighted by Crippen LogP contribution is -2.33. The summed E-state index contributed by atoms with van der Waals surface area (Å²) in [6, 6.07) is 15.2. The summed E-state index contributed by atoms with van der Waals surface area (Å²) in [6.07, 6.45) is 5.20. The average molecular weight is 800 g/mol. The summed E-state index contributed by atoms with van der Waals surface area (Å²) in [5, 5.41) is 22.6. The third-order valence-corrected chi connectivity index (χ3v) is 9.09. The number of amides is 4. The molecule has 0 spiro atoms. The van der Waals surface area contributed by atoms with E-state index < -0.39 is 29.3 Å². The maximum atomic E-state index is 13.3. The molecule has 0 radical (unpaired) electrons. The fraction of sp³-hybridized carbons (Fsp3) is 0.237. The van der Waals surface area contributed by atoms with Gasteiger partial charge in [0, 0.05) is 77.8 Å². The minimum absolute atomic E-state index is 0. The molecule has 1 atom stereocenters. The number of hydrogen-bond acceptors (Lipinski definition) is 9. The van der Waals surface area contributed by atoms with E-state index >= 15 is 0 Å². The lowest BCUT2D eigenvalue weighted by atomic mass is 9.90. The van der Waals surface area contributed by atoms with Crippen molar-refractivity contribution in [2.24, 2.45) is 33.9 Å². The number of ether oxygens (including phenoxy) is 2. The van der Waals surface area contributed by atoms with Gasteiger partial charge >= 0.3 is 5.97 Å². The smallest absolute Gasteiger partial charge is 0.334 e. The van der Waals surface area contributed by atoms with Gasteiger partial charge in [0.15, 0.2) is 5.60 Å². The second-order valence-corrected chi connectivity index (χ2v) is 13.4. The lowest BCUT2D eigenvalue weighted by Gasteiger charge is -2.27. The normalized spacial score (nSPS) is 14.7. The largest absolute Gasteiger partial charge is 0.472 e. The van der Waals surface area contributed by atoms with Crippen LogP contribution in [-0.4, -0.2) is 72.1 Å². The molecule has 298 valence electrons. The molecule has 1 aliphatic heterocycles. The fourth-order valence-electron chi connectivity index (χ4n) is 6.25. The standard InChI is InChI=1S/C38H41N11O7.ClH/c1-22-17-38(56-37(22)54,23-9-7-6-8-10-23)21-55-32-16-30(49(5)45-32)36(53)44-26-15-29(48(4)20-26)35(52)43-25-14-28(47(3)19-25)34(51)42-24-13-27(46(2)18-24)33(50)41-12-11-31(39)40;/h6-10,13-16,18-20H,1,11-12,17,21H2,2-5H3,(H3,39,40)(H,41,50)(H,42,51)(H,43,52)(H,44,53);1H. The molecule has 0 aliphatic carbocycles. The van der Waals surface area contributed by atoms with Crippen LogP contribution in [0, 0.1) is 5.41 Å². The number of benzene rings is 1. The Morgan fingerprint density at radius 1 is 0.825 bits per heavy atom. The predicted molar refractivity (Wildman–Crippen MR) is 213 cm³/mol. The van der Waals surface area contributed by atoms with Gasteiger partial charge in [-0.25, -0.2) is 4.79 Å². The van der Waals surface area contributed by atoms with Crippen LogP contribution >= 0.6 is 12.4 Å². The van der Waals surface area contributed by atoms with E-state index in [1.165, 1.54) is 28.9 Å².